The van der Waals surface area contributed by atoms with Crippen molar-refractivity contribution in [1.29, 1.82) is 0 Å². The van der Waals surface area contributed by atoms with Crippen molar-refractivity contribution in [2.24, 2.45) is 0 Å². The number of para-hydroxylation sites is 2. The van der Waals surface area contributed by atoms with E-state index in [1.165, 1.54) is 0 Å². The van der Waals surface area contributed by atoms with Crippen molar-refractivity contribution >= 4 is 22.6 Å². The first kappa shape index (κ1) is 11.8. The number of rotatable bonds is 2. The number of nitrogens with zero attached hydrogens (tertiary/aromatic N) is 2. The summed E-state index contributed by atoms with van der Waals surface area (Å²) in [6.07, 6.45) is 5.46. The standard InChI is InChI=1S/C16H11ClN2/c1-2-10-19-15-9-4-3-8-14(15)18-16(19)12-6-5-7-13(17)11-12/h1,3-9,11H,10H2. The minimum absolute atomic E-state index is 0.488. The van der Waals surface area contributed by atoms with Crippen LogP contribution in [0.25, 0.3) is 22.4 Å². The zero-order valence-electron chi connectivity index (χ0n) is 10.2. The fraction of sp³-hybridized carbons (Fsp3) is 0.0625. The molecule has 0 fully saturated rings. The zero-order valence-corrected chi connectivity index (χ0v) is 10.9. The third-order valence-electron chi connectivity index (χ3n) is 2.99. The van der Waals surface area contributed by atoms with Crippen molar-refractivity contribution < 1.29 is 0 Å². The Morgan fingerprint density at radius 2 is 2.00 bits per heavy atom. The summed E-state index contributed by atoms with van der Waals surface area (Å²) in [6.45, 7) is 0.488. The third kappa shape index (κ3) is 2.09. The molecular formula is C16H11ClN2. The molecule has 3 aromatic rings. The van der Waals surface area contributed by atoms with E-state index in [9.17, 15) is 0 Å². The fourth-order valence-corrected chi connectivity index (χ4v) is 2.37. The van der Waals surface area contributed by atoms with Gasteiger partial charge in [-0.05, 0) is 24.3 Å². The molecule has 3 heteroatoms. The minimum Gasteiger partial charge on any atom is -0.312 e. The van der Waals surface area contributed by atoms with Crippen molar-refractivity contribution in [3.63, 3.8) is 0 Å². The molecule has 0 aliphatic heterocycles. The van der Waals surface area contributed by atoms with Gasteiger partial charge < -0.3 is 4.57 Å². The van der Waals surface area contributed by atoms with Crippen LogP contribution in [-0.4, -0.2) is 9.55 Å². The Morgan fingerprint density at radius 3 is 2.79 bits per heavy atom. The van der Waals surface area contributed by atoms with E-state index in [2.05, 4.69) is 10.9 Å². The molecular weight excluding hydrogens is 256 g/mol. The molecule has 0 unspecified atom stereocenters. The Bertz CT molecular complexity index is 781. The van der Waals surface area contributed by atoms with Crippen LogP contribution in [-0.2, 0) is 6.54 Å². The SMILES string of the molecule is C#CCn1c(-c2cccc(Cl)c2)nc2ccccc21. The van der Waals surface area contributed by atoms with Gasteiger partial charge in [-0.15, -0.1) is 6.42 Å². The lowest BCUT2D eigenvalue weighted by Crippen LogP contribution is -1.98. The summed E-state index contributed by atoms with van der Waals surface area (Å²) in [5, 5.41) is 0.691. The van der Waals surface area contributed by atoms with E-state index in [4.69, 9.17) is 18.0 Å². The molecule has 19 heavy (non-hydrogen) atoms. The molecule has 0 radical (unpaired) electrons. The molecule has 0 bridgehead atoms. The summed E-state index contributed by atoms with van der Waals surface area (Å²) >= 11 is 6.05. The Balaban J connectivity index is 2.28. The van der Waals surface area contributed by atoms with E-state index in [-0.39, 0.29) is 0 Å². The van der Waals surface area contributed by atoms with Crippen LogP contribution >= 0.6 is 11.6 Å². The Labute approximate surface area is 116 Å². The third-order valence-corrected chi connectivity index (χ3v) is 3.22. The van der Waals surface area contributed by atoms with Crippen molar-refractivity contribution in [3.8, 4) is 23.7 Å². The van der Waals surface area contributed by atoms with Gasteiger partial charge in [0.1, 0.15) is 5.82 Å². The number of aromatic nitrogens is 2. The molecule has 0 N–H and O–H groups in total. The van der Waals surface area contributed by atoms with E-state index in [0.717, 1.165) is 22.4 Å². The summed E-state index contributed by atoms with van der Waals surface area (Å²) in [7, 11) is 0. The van der Waals surface area contributed by atoms with E-state index >= 15 is 0 Å². The van der Waals surface area contributed by atoms with Crippen LogP contribution in [0.2, 0.25) is 5.02 Å². The van der Waals surface area contributed by atoms with Crippen LogP contribution in [0.15, 0.2) is 48.5 Å². The highest BCUT2D eigenvalue weighted by atomic mass is 35.5. The average molecular weight is 267 g/mol. The van der Waals surface area contributed by atoms with Crippen LogP contribution in [0, 0.1) is 12.3 Å². The smallest absolute Gasteiger partial charge is 0.142 e. The first-order chi connectivity index (χ1) is 9.29. The van der Waals surface area contributed by atoms with Gasteiger partial charge in [0.2, 0.25) is 0 Å². The molecule has 1 aromatic heterocycles. The number of benzene rings is 2. The van der Waals surface area contributed by atoms with Crippen LogP contribution in [0.1, 0.15) is 0 Å². The second-order valence-electron chi connectivity index (χ2n) is 4.22. The maximum atomic E-state index is 6.05. The summed E-state index contributed by atoms with van der Waals surface area (Å²) < 4.78 is 2.03. The first-order valence-electron chi connectivity index (χ1n) is 5.94. The lowest BCUT2D eigenvalue weighted by Gasteiger charge is -2.05. The van der Waals surface area contributed by atoms with Gasteiger partial charge in [0.25, 0.3) is 0 Å². The summed E-state index contributed by atoms with van der Waals surface area (Å²) in [5.41, 5.74) is 2.95. The van der Waals surface area contributed by atoms with Crippen molar-refractivity contribution in [3.05, 3.63) is 53.6 Å². The average Bonchev–Trinajstić information content (AvgIpc) is 2.79. The van der Waals surface area contributed by atoms with E-state index in [0.29, 0.717) is 11.6 Å². The number of fused-ring (bicyclic) bond motifs is 1. The molecule has 0 aliphatic rings. The van der Waals surface area contributed by atoms with Crippen molar-refractivity contribution in [2.45, 2.75) is 6.54 Å². The topological polar surface area (TPSA) is 17.8 Å². The molecule has 0 saturated heterocycles. The van der Waals surface area contributed by atoms with Crippen LogP contribution in [0.4, 0.5) is 0 Å². The number of imidazole rings is 1. The van der Waals surface area contributed by atoms with Crippen molar-refractivity contribution in [2.75, 3.05) is 0 Å². The van der Waals surface area contributed by atoms with E-state index in [1.54, 1.807) is 0 Å². The monoisotopic (exact) mass is 266 g/mol. The number of hydrogen-bond acceptors (Lipinski definition) is 1. The molecule has 2 nitrogen and oxygen atoms in total. The Hall–Kier alpha value is -2.24. The zero-order chi connectivity index (χ0) is 13.2. The quantitative estimate of drug-likeness (QED) is 0.641. The van der Waals surface area contributed by atoms with E-state index < -0.39 is 0 Å². The molecule has 1 heterocycles. The molecule has 92 valence electrons. The van der Waals surface area contributed by atoms with Gasteiger partial charge in [-0.2, -0.15) is 0 Å². The summed E-state index contributed by atoms with van der Waals surface area (Å²) in [5.74, 6) is 3.53. The van der Waals surface area contributed by atoms with Crippen LogP contribution in [0.3, 0.4) is 0 Å². The molecule has 0 aliphatic carbocycles. The highest BCUT2D eigenvalue weighted by Gasteiger charge is 2.11. The normalized spacial score (nSPS) is 10.5. The molecule has 2 aromatic carbocycles. The van der Waals surface area contributed by atoms with Gasteiger partial charge in [0.15, 0.2) is 0 Å². The van der Waals surface area contributed by atoms with Crippen LogP contribution < -0.4 is 0 Å². The predicted molar refractivity (Wildman–Crippen MR) is 79.0 cm³/mol. The number of halogens is 1. The Kier molecular flexibility index (Phi) is 2.98. The first-order valence-corrected chi connectivity index (χ1v) is 6.32. The fourth-order valence-electron chi connectivity index (χ4n) is 2.17. The van der Waals surface area contributed by atoms with Crippen LogP contribution in [0.5, 0.6) is 0 Å². The summed E-state index contributed by atoms with van der Waals surface area (Å²) in [4.78, 5) is 4.65. The molecule has 0 amide bonds. The number of hydrogen-bond donors (Lipinski definition) is 0. The summed E-state index contributed by atoms with van der Waals surface area (Å²) in [6, 6.07) is 15.6. The molecule has 0 saturated carbocycles. The minimum atomic E-state index is 0.488. The van der Waals surface area contributed by atoms with Gasteiger partial charge in [-0.25, -0.2) is 4.98 Å². The highest BCUT2D eigenvalue weighted by Crippen LogP contribution is 2.26. The lowest BCUT2D eigenvalue weighted by molar-refractivity contribution is 0.882. The maximum absolute atomic E-state index is 6.05. The predicted octanol–water partition coefficient (Wildman–Crippen LogP) is 3.99. The highest BCUT2D eigenvalue weighted by molar-refractivity contribution is 6.30. The van der Waals surface area contributed by atoms with E-state index in [1.807, 2.05) is 53.1 Å². The van der Waals surface area contributed by atoms with Gasteiger partial charge in [-0.1, -0.05) is 41.8 Å². The largest absolute Gasteiger partial charge is 0.312 e. The van der Waals surface area contributed by atoms with Gasteiger partial charge >= 0.3 is 0 Å². The lowest BCUT2D eigenvalue weighted by atomic mass is 10.2. The second-order valence-corrected chi connectivity index (χ2v) is 4.66. The molecule has 0 spiro atoms. The van der Waals surface area contributed by atoms with Gasteiger partial charge in [0.05, 0.1) is 17.6 Å². The second kappa shape index (κ2) is 4.79. The van der Waals surface area contributed by atoms with Gasteiger partial charge in [-0.3, -0.25) is 0 Å². The van der Waals surface area contributed by atoms with Gasteiger partial charge in [0, 0.05) is 10.6 Å². The maximum Gasteiger partial charge on any atom is 0.142 e. The Morgan fingerprint density at radius 1 is 1.16 bits per heavy atom. The number of terminal acetylenes is 1. The molecule has 3 rings (SSSR count). The van der Waals surface area contributed by atoms with Crippen molar-refractivity contribution in [1.82, 2.24) is 9.55 Å². The molecule has 0 atom stereocenters.